The number of carboxylic acid groups (broad SMARTS) is 1. The number of ether oxygens (including phenoxy) is 2. The summed E-state index contributed by atoms with van der Waals surface area (Å²) in [6.45, 7) is 9.14. The van der Waals surface area contributed by atoms with Crippen molar-refractivity contribution < 1.29 is 19.4 Å². The van der Waals surface area contributed by atoms with Gasteiger partial charge in [-0.1, -0.05) is 19.6 Å². The molecule has 1 amide bonds. The lowest BCUT2D eigenvalue weighted by atomic mass is 10.0. The Labute approximate surface area is 206 Å². The number of piperidine rings is 1. The van der Waals surface area contributed by atoms with E-state index in [4.69, 9.17) is 14.5 Å². The van der Waals surface area contributed by atoms with Crippen LogP contribution in [0.4, 0.5) is 10.5 Å². The van der Waals surface area contributed by atoms with Crippen molar-refractivity contribution in [2.24, 2.45) is 0 Å². The molecule has 4 heterocycles. The standard InChI is InChI=1S/C24H34N6O4Si/c1-33-23-25-9-7-20(28-23)19-14-26-22-18(8-11-30(22)16-34-12-13-35(2,3)4)21(19)27-17-6-5-10-29(15-17)24(31)32/h7-9,11,14,17H,5-6,10,12-13,15-16H2,1-4H3,(H,26,27)(H,31,32). The second-order valence-corrected chi connectivity index (χ2v) is 15.7. The highest BCUT2D eigenvalue weighted by Gasteiger charge is 2.25. The number of fused-ring (bicyclic) bond motifs is 1. The molecule has 3 aromatic heterocycles. The van der Waals surface area contributed by atoms with Gasteiger partial charge in [0.05, 0.1) is 18.5 Å². The molecule has 0 radical (unpaired) electrons. The number of pyridine rings is 1. The molecule has 0 aliphatic carbocycles. The zero-order valence-electron chi connectivity index (χ0n) is 20.8. The van der Waals surface area contributed by atoms with Crippen LogP contribution in [0.1, 0.15) is 12.8 Å². The molecule has 188 valence electrons. The zero-order valence-corrected chi connectivity index (χ0v) is 21.8. The van der Waals surface area contributed by atoms with E-state index in [0.29, 0.717) is 25.5 Å². The van der Waals surface area contributed by atoms with E-state index >= 15 is 0 Å². The Morgan fingerprint density at radius 3 is 2.86 bits per heavy atom. The first-order valence-electron chi connectivity index (χ1n) is 11.9. The van der Waals surface area contributed by atoms with Crippen molar-refractivity contribution >= 4 is 30.9 Å². The van der Waals surface area contributed by atoms with Gasteiger partial charge in [0.1, 0.15) is 12.4 Å². The summed E-state index contributed by atoms with van der Waals surface area (Å²) in [5, 5.41) is 14.0. The Bertz CT molecular complexity index is 1180. The molecule has 0 saturated carbocycles. The lowest BCUT2D eigenvalue weighted by Crippen LogP contribution is -2.44. The molecule has 0 spiro atoms. The number of amides is 1. The average Bonchev–Trinajstić information content (AvgIpc) is 3.25. The van der Waals surface area contributed by atoms with Crippen LogP contribution in [0.3, 0.4) is 0 Å². The molecule has 1 saturated heterocycles. The molecule has 1 fully saturated rings. The monoisotopic (exact) mass is 498 g/mol. The molecule has 1 aliphatic rings. The predicted octanol–water partition coefficient (Wildman–Crippen LogP) is 4.37. The Hall–Kier alpha value is -3.18. The molecule has 0 bridgehead atoms. The second kappa shape index (κ2) is 10.6. The van der Waals surface area contributed by atoms with E-state index in [1.54, 1.807) is 12.4 Å². The van der Waals surface area contributed by atoms with E-state index < -0.39 is 14.2 Å². The largest absolute Gasteiger partial charge is 0.467 e. The van der Waals surface area contributed by atoms with E-state index in [1.165, 1.54) is 12.0 Å². The molecular weight excluding hydrogens is 464 g/mol. The summed E-state index contributed by atoms with van der Waals surface area (Å²) in [5.41, 5.74) is 3.16. The van der Waals surface area contributed by atoms with E-state index in [-0.39, 0.29) is 12.1 Å². The first kappa shape index (κ1) is 24.9. The summed E-state index contributed by atoms with van der Waals surface area (Å²) in [4.78, 5) is 26.4. The van der Waals surface area contributed by atoms with E-state index in [1.807, 2.05) is 22.9 Å². The van der Waals surface area contributed by atoms with Crippen LogP contribution in [0.25, 0.3) is 22.3 Å². The SMILES string of the molecule is COc1nccc(-c2cnc3c(ccn3COCC[Si](C)(C)C)c2NC2CCCN(C(=O)O)C2)n1. The Morgan fingerprint density at radius 1 is 1.29 bits per heavy atom. The maximum absolute atomic E-state index is 11.6. The van der Waals surface area contributed by atoms with Gasteiger partial charge >= 0.3 is 12.1 Å². The van der Waals surface area contributed by atoms with Crippen molar-refractivity contribution in [1.29, 1.82) is 0 Å². The van der Waals surface area contributed by atoms with Crippen LogP contribution in [0.15, 0.2) is 30.7 Å². The number of hydrogen-bond acceptors (Lipinski definition) is 7. The lowest BCUT2D eigenvalue weighted by molar-refractivity contribution is 0.0899. The fourth-order valence-corrected chi connectivity index (χ4v) is 4.95. The van der Waals surface area contributed by atoms with Gasteiger partial charge < -0.3 is 29.4 Å². The lowest BCUT2D eigenvalue weighted by Gasteiger charge is -2.32. The highest BCUT2D eigenvalue weighted by Crippen LogP contribution is 2.35. The third-order valence-corrected chi connectivity index (χ3v) is 7.85. The van der Waals surface area contributed by atoms with Gasteiger partial charge in [-0.3, -0.25) is 0 Å². The maximum atomic E-state index is 11.6. The topological polar surface area (TPSA) is 115 Å². The van der Waals surface area contributed by atoms with Crippen molar-refractivity contribution in [2.45, 2.75) is 51.3 Å². The summed E-state index contributed by atoms with van der Waals surface area (Å²) >= 11 is 0. The second-order valence-electron chi connectivity index (χ2n) is 10.1. The van der Waals surface area contributed by atoms with Gasteiger partial charge in [0, 0.05) is 63.4 Å². The van der Waals surface area contributed by atoms with Crippen LogP contribution < -0.4 is 10.1 Å². The third kappa shape index (κ3) is 6.09. The van der Waals surface area contributed by atoms with E-state index in [2.05, 4.69) is 34.9 Å². The van der Waals surface area contributed by atoms with Gasteiger partial charge in [0.2, 0.25) is 0 Å². The highest BCUT2D eigenvalue weighted by molar-refractivity contribution is 6.76. The van der Waals surface area contributed by atoms with Crippen LogP contribution >= 0.6 is 0 Å². The van der Waals surface area contributed by atoms with Gasteiger partial charge in [0.15, 0.2) is 0 Å². The summed E-state index contributed by atoms with van der Waals surface area (Å²) in [6.07, 6.45) is 6.22. The van der Waals surface area contributed by atoms with E-state index in [0.717, 1.165) is 47.8 Å². The molecule has 4 rings (SSSR count). The van der Waals surface area contributed by atoms with Crippen molar-refractivity contribution in [3.63, 3.8) is 0 Å². The minimum absolute atomic E-state index is 0.0238. The molecule has 0 aromatic carbocycles. The van der Waals surface area contributed by atoms with Crippen molar-refractivity contribution in [2.75, 3.05) is 32.1 Å². The number of methoxy groups -OCH3 is 1. The summed E-state index contributed by atoms with van der Waals surface area (Å²) < 4.78 is 13.2. The summed E-state index contributed by atoms with van der Waals surface area (Å²) in [5.74, 6) is 0. The Kier molecular flexibility index (Phi) is 7.56. The number of nitrogens with one attached hydrogen (secondary N) is 1. The summed E-state index contributed by atoms with van der Waals surface area (Å²) in [6, 6.07) is 5.19. The summed E-state index contributed by atoms with van der Waals surface area (Å²) in [7, 11) is 0.371. The van der Waals surface area contributed by atoms with Crippen LogP contribution in [-0.2, 0) is 11.5 Å². The molecular formula is C24H34N6O4Si. The fourth-order valence-electron chi connectivity index (χ4n) is 4.20. The normalized spacial score (nSPS) is 16.5. The van der Waals surface area contributed by atoms with Crippen LogP contribution in [0, 0.1) is 0 Å². The number of hydrogen-bond donors (Lipinski definition) is 2. The molecule has 1 aliphatic heterocycles. The molecule has 35 heavy (non-hydrogen) atoms. The number of carbonyl (C=O) groups is 1. The van der Waals surface area contributed by atoms with Crippen LogP contribution in [0.5, 0.6) is 6.01 Å². The first-order chi connectivity index (χ1) is 16.7. The molecule has 1 atom stereocenters. The van der Waals surface area contributed by atoms with Gasteiger partial charge in [-0.25, -0.2) is 14.8 Å². The molecule has 1 unspecified atom stereocenters. The maximum Gasteiger partial charge on any atom is 0.407 e. The number of anilines is 1. The zero-order chi connectivity index (χ0) is 25.0. The first-order valence-corrected chi connectivity index (χ1v) is 15.6. The third-order valence-electron chi connectivity index (χ3n) is 6.15. The minimum atomic E-state index is -1.16. The fraction of sp³-hybridized carbons (Fsp3) is 0.500. The number of rotatable bonds is 9. The Morgan fingerprint density at radius 2 is 2.11 bits per heavy atom. The van der Waals surface area contributed by atoms with Crippen LogP contribution in [0.2, 0.25) is 25.7 Å². The van der Waals surface area contributed by atoms with Gasteiger partial charge in [-0.05, 0) is 31.0 Å². The average molecular weight is 499 g/mol. The quantitative estimate of drug-likeness (QED) is 0.330. The van der Waals surface area contributed by atoms with Crippen molar-refractivity contribution in [1.82, 2.24) is 24.4 Å². The number of likely N-dealkylation sites (tertiary alicyclic amines) is 1. The van der Waals surface area contributed by atoms with Gasteiger partial charge in [-0.15, -0.1) is 0 Å². The predicted molar refractivity (Wildman–Crippen MR) is 138 cm³/mol. The van der Waals surface area contributed by atoms with E-state index in [9.17, 15) is 9.90 Å². The molecule has 11 heteroatoms. The number of nitrogens with zero attached hydrogens (tertiary/aromatic N) is 5. The smallest absolute Gasteiger partial charge is 0.407 e. The Balaban J connectivity index is 1.66. The minimum Gasteiger partial charge on any atom is -0.467 e. The van der Waals surface area contributed by atoms with Crippen LogP contribution in [-0.4, -0.2) is 76.5 Å². The number of aromatic nitrogens is 4. The molecule has 3 aromatic rings. The van der Waals surface area contributed by atoms with Crippen molar-refractivity contribution in [3.8, 4) is 17.3 Å². The molecule has 10 nitrogen and oxygen atoms in total. The van der Waals surface area contributed by atoms with Gasteiger partial charge in [-0.2, -0.15) is 4.98 Å². The molecule has 2 N–H and O–H groups in total. The highest BCUT2D eigenvalue weighted by atomic mass is 28.3. The van der Waals surface area contributed by atoms with Crippen molar-refractivity contribution in [3.05, 3.63) is 30.7 Å². The van der Waals surface area contributed by atoms with Gasteiger partial charge in [0.25, 0.3) is 0 Å².